The fourth-order valence-electron chi connectivity index (χ4n) is 2.84. The predicted octanol–water partition coefficient (Wildman–Crippen LogP) is 3.65. The van der Waals surface area contributed by atoms with Gasteiger partial charge in [-0.25, -0.2) is 0 Å². The lowest BCUT2D eigenvalue weighted by atomic mass is 10.1. The van der Waals surface area contributed by atoms with Gasteiger partial charge >= 0.3 is 0 Å². The molecule has 0 spiro atoms. The van der Waals surface area contributed by atoms with Gasteiger partial charge in [-0.1, -0.05) is 17.7 Å². The first kappa shape index (κ1) is 18.8. The van der Waals surface area contributed by atoms with Crippen LogP contribution in [-0.2, 0) is 6.54 Å². The standard InChI is InChI=1S/C21H16ClN3O4/c22-15-2-3-17(25-20(26)14-5-7-23-8-6-14)16(10-15)21(27)24-11-13-1-4-18-19(9-13)29-12-28-18/h1-10H,11-12H2,(H,24,27)(H,25,26). The molecule has 1 aliphatic rings. The number of fused-ring (bicyclic) bond motifs is 1. The van der Waals surface area contributed by atoms with Crippen molar-refractivity contribution in [1.82, 2.24) is 10.3 Å². The Kier molecular flexibility index (Phi) is 5.31. The van der Waals surface area contributed by atoms with Gasteiger partial charge in [0, 0.05) is 29.5 Å². The monoisotopic (exact) mass is 409 g/mol. The van der Waals surface area contributed by atoms with E-state index in [2.05, 4.69) is 15.6 Å². The van der Waals surface area contributed by atoms with Crippen molar-refractivity contribution in [3.05, 3.63) is 82.6 Å². The third-order valence-electron chi connectivity index (χ3n) is 4.31. The molecule has 1 aromatic heterocycles. The third kappa shape index (κ3) is 4.30. The third-order valence-corrected chi connectivity index (χ3v) is 4.54. The number of anilines is 1. The lowest BCUT2D eigenvalue weighted by Gasteiger charge is -2.12. The van der Waals surface area contributed by atoms with Crippen molar-refractivity contribution in [2.24, 2.45) is 0 Å². The van der Waals surface area contributed by atoms with Gasteiger partial charge in [-0.05, 0) is 48.0 Å². The molecular weight excluding hydrogens is 394 g/mol. The van der Waals surface area contributed by atoms with Gasteiger partial charge in [0.1, 0.15) is 0 Å². The van der Waals surface area contributed by atoms with Gasteiger partial charge in [-0.15, -0.1) is 0 Å². The van der Waals surface area contributed by atoms with Crippen molar-refractivity contribution >= 4 is 29.1 Å². The Morgan fingerprint density at radius 1 is 0.966 bits per heavy atom. The van der Waals surface area contributed by atoms with E-state index in [0.717, 1.165) is 5.56 Å². The first-order valence-corrected chi connectivity index (χ1v) is 9.15. The maximum atomic E-state index is 12.8. The minimum Gasteiger partial charge on any atom is -0.454 e. The van der Waals surface area contributed by atoms with Crippen molar-refractivity contribution in [2.75, 3.05) is 12.1 Å². The van der Waals surface area contributed by atoms with E-state index in [-0.39, 0.29) is 30.7 Å². The average Bonchev–Trinajstić information content (AvgIpc) is 3.21. The van der Waals surface area contributed by atoms with Crippen molar-refractivity contribution in [3.63, 3.8) is 0 Å². The van der Waals surface area contributed by atoms with Gasteiger partial charge in [0.25, 0.3) is 11.8 Å². The molecule has 2 N–H and O–H groups in total. The number of carbonyl (C=O) groups is 2. The van der Waals surface area contributed by atoms with E-state index in [0.29, 0.717) is 27.8 Å². The van der Waals surface area contributed by atoms with Crippen LogP contribution in [0.3, 0.4) is 0 Å². The highest BCUT2D eigenvalue weighted by Crippen LogP contribution is 2.32. The normalized spacial score (nSPS) is 11.8. The molecule has 29 heavy (non-hydrogen) atoms. The number of rotatable bonds is 5. The molecule has 1 aliphatic heterocycles. The molecule has 0 aliphatic carbocycles. The van der Waals surface area contributed by atoms with Crippen LogP contribution >= 0.6 is 11.6 Å². The number of amides is 2. The van der Waals surface area contributed by atoms with Crippen molar-refractivity contribution in [3.8, 4) is 11.5 Å². The van der Waals surface area contributed by atoms with Crippen LogP contribution in [0.2, 0.25) is 5.02 Å². The predicted molar refractivity (Wildman–Crippen MR) is 107 cm³/mol. The van der Waals surface area contributed by atoms with Gasteiger partial charge < -0.3 is 20.1 Å². The highest BCUT2D eigenvalue weighted by atomic mass is 35.5. The molecule has 0 fully saturated rings. The zero-order chi connectivity index (χ0) is 20.2. The molecule has 4 rings (SSSR count). The number of nitrogens with zero attached hydrogens (tertiary/aromatic N) is 1. The summed E-state index contributed by atoms with van der Waals surface area (Å²) in [4.78, 5) is 29.1. The molecule has 0 atom stereocenters. The van der Waals surface area contributed by atoms with Crippen LogP contribution in [0.5, 0.6) is 11.5 Å². The molecular formula is C21H16ClN3O4. The summed E-state index contributed by atoms with van der Waals surface area (Å²) in [6, 6.07) is 13.3. The lowest BCUT2D eigenvalue weighted by molar-refractivity contribution is 0.0951. The van der Waals surface area contributed by atoms with E-state index in [4.69, 9.17) is 21.1 Å². The van der Waals surface area contributed by atoms with Crippen LogP contribution in [0, 0.1) is 0 Å². The van der Waals surface area contributed by atoms with E-state index >= 15 is 0 Å². The van der Waals surface area contributed by atoms with Crippen LogP contribution in [0.15, 0.2) is 60.9 Å². The molecule has 146 valence electrons. The smallest absolute Gasteiger partial charge is 0.255 e. The van der Waals surface area contributed by atoms with Gasteiger partial charge in [-0.3, -0.25) is 14.6 Å². The number of aromatic nitrogens is 1. The summed E-state index contributed by atoms with van der Waals surface area (Å²) in [7, 11) is 0. The number of pyridine rings is 1. The number of halogens is 1. The minimum atomic E-state index is -0.366. The zero-order valence-electron chi connectivity index (χ0n) is 15.1. The molecule has 0 bridgehead atoms. The second-order valence-electron chi connectivity index (χ2n) is 6.25. The molecule has 2 aromatic carbocycles. The largest absolute Gasteiger partial charge is 0.454 e. The second kappa shape index (κ2) is 8.20. The summed E-state index contributed by atoms with van der Waals surface area (Å²) >= 11 is 6.06. The molecule has 3 aromatic rings. The van der Waals surface area contributed by atoms with Crippen LogP contribution in [0.4, 0.5) is 5.69 Å². The Balaban J connectivity index is 1.49. The lowest BCUT2D eigenvalue weighted by Crippen LogP contribution is -2.25. The summed E-state index contributed by atoms with van der Waals surface area (Å²) in [6.45, 7) is 0.466. The molecule has 2 heterocycles. The molecule has 0 saturated heterocycles. The van der Waals surface area contributed by atoms with Gasteiger partial charge in [-0.2, -0.15) is 0 Å². The van der Waals surface area contributed by atoms with Crippen LogP contribution < -0.4 is 20.1 Å². The van der Waals surface area contributed by atoms with Crippen molar-refractivity contribution in [2.45, 2.75) is 6.54 Å². The van der Waals surface area contributed by atoms with Crippen molar-refractivity contribution < 1.29 is 19.1 Å². The zero-order valence-corrected chi connectivity index (χ0v) is 15.9. The summed E-state index contributed by atoms with van der Waals surface area (Å²) in [6.07, 6.45) is 3.05. The summed E-state index contributed by atoms with van der Waals surface area (Å²) in [5.74, 6) is 0.607. The first-order chi connectivity index (χ1) is 14.1. The molecule has 0 unspecified atom stereocenters. The van der Waals surface area contributed by atoms with E-state index in [9.17, 15) is 9.59 Å². The number of hydrogen-bond acceptors (Lipinski definition) is 5. The topological polar surface area (TPSA) is 89.6 Å². The fraction of sp³-hybridized carbons (Fsp3) is 0.0952. The first-order valence-electron chi connectivity index (χ1n) is 8.78. The molecule has 8 heteroatoms. The Labute approximate surface area is 171 Å². The maximum absolute atomic E-state index is 12.8. The van der Waals surface area contributed by atoms with Crippen LogP contribution in [-0.4, -0.2) is 23.6 Å². The van der Waals surface area contributed by atoms with Crippen molar-refractivity contribution in [1.29, 1.82) is 0 Å². The summed E-state index contributed by atoms with van der Waals surface area (Å²) in [5.41, 5.74) is 1.91. The summed E-state index contributed by atoms with van der Waals surface area (Å²) < 4.78 is 10.6. The Bertz CT molecular complexity index is 1070. The highest BCUT2D eigenvalue weighted by molar-refractivity contribution is 6.31. The van der Waals surface area contributed by atoms with E-state index in [1.54, 1.807) is 30.3 Å². The average molecular weight is 410 g/mol. The van der Waals surface area contributed by atoms with E-state index in [1.807, 2.05) is 12.1 Å². The number of carbonyl (C=O) groups excluding carboxylic acids is 2. The molecule has 0 radical (unpaired) electrons. The second-order valence-corrected chi connectivity index (χ2v) is 6.69. The number of nitrogens with one attached hydrogen (secondary N) is 2. The molecule has 7 nitrogen and oxygen atoms in total. The molecule has 2 amide bonds. The Morgan fingerprint density at radius 2 is 1.76 bits per heavy atom. The van der Waals surface area contributed by atoms with Gasteiger partial charge in [0.15, 0.2) is 11.5 Å². The minimum absolute atomic E-state index is 0.189. The Hall–Kier alpha value is -3.58. The quantitative estimate of drug-likeness (QED) is 0.671. The maximum Gasteiger partial charge on any atom is 0.255 e. The highest BCUT2D eigenvalue weighted by Gasteiger charge is 2.17. The van der Waals surface area contributed by atoms with E-state index < -0.39 is 0 Å². The van der Waals surface area contributed by atoms with Crippen LogP contribution in [0.1, 0.15) is 26.3 Å². The Morgan fingerprint density at radius 3 is 2.59 bits per heavy atom. The van der Waals surface area contributed by atoms with Gasteiger partial charge in [0.05, 0.1) is 11.3 Å². The van der Waals surface area contributed by atoms with Gasteiger partial charge in [0.2, 0.25) is 6.79 Å². The SMILES string of the molecule is O=C(Nc1ccc(Cl)cc1C(=O)NCc1ccc2c(c1)OCO2)c1ccncc1. The number of hydrogen-bond donors (Lipinski definition) is 2. The molecule has 0 saturated carbocycles. The van der Waals surface area contributed by atoms with E-state index in [1.165, 1.54) is 18.5 Å². The number of benzene rings is 2. The fourth-order valence-corrected chi connectivity index (χ4v) is 3.01. The number of ether oxygens (including phenoxy) is 2. The van der Waals surface area contributed by atoms with Crippen LogP contribution in [0.25, 0.3) is 0 Å². The summed E-state index contributed by atoms with van der Waals surface area (Å²) in [5, 5.41) is 5.97.